The topological polar surface area (TPSA) is 32.8 Å². The number of esters is 1. The first-order valence-electron chi connectivity index (χ1n) is 8.91. The van der Waals surface area contributed by atoms with E-state index in [4.69, 9.17) is 4.74 Å². The highest BCUT2D eigenvalue weighted by atomic mass is 19.1. The lowest BCUT2D eigenvalue weighted by Gasteiger charge is -2.45. The van der Waals surface area contributed by atoms with E-state index in [1.54, 1.807) is 0 Å². The van der Waals surface area contributed by atoms with Crippen LogP contribution >= 0.6 is 0 Å². The van der Waals surface area contributed by atoms with Crippen LogP contribution in [0.2, 0.25) is 0 Å². The first kappa shape index (κ1) is 18.4. The second-order valence-electron chi connectivity index (χ2n) is 6.94. The number of ether oxygens (including phenoxy) is 1. The molecule has 1 aliphatic heterocycles. The molecule has 1 fully saturated rings. The third-order valence-electron chi connectivity index (χ3n) is 5.03. The molecule has 0 bridgehead atoms. The highest BCUT2D eigenvalue weighted by molar-refractivity contribution is 5.89. The summed E-state index contributed by atoms with van der Waals surface area (Å²) in [5.74, 6) is -0.518. The molecule has 138 valence electrons. The number of piperazine rings is 1. The maximum absolute atomic E-state index is 13.2. The lowest BCUT2D eigenvalue weighted by molar-refractivity contribution is 0.0600. The molecular formula is C21H25FN2O2. The van der Waals surface area contributed by atoms with Crippen LogP contribution in [0.3, 0.4) is 0 Å². The Morgan fingerprint density at radius 2 is 1.62 bits per heavy atom. The van der Waals surface area contributed by atoms with E-state index < -0.39 is 0 Å². The summed E-state index contributed by atoms with van der Waals surface area (Å²) in [5, 5.41) is 0. The molecular weight excluding hydrogens is 331 g/mol. The van der Waals surface area contributed by atoms with E-state index >= 15 is 0 Å². The maximum Gasteiger partial charge on any atom is 0.337 e. The number of carbonyl (C=O) groups is 1. The summed E-state index contributed by atoms with van der Waals surface area (Å²) in [6.45, 7) is 7.07. The minimum absolute atomic E-state index is 0.205. The van der Waals surface area contributed by atoms with Gasteiger partial charge in [0.05, 0.1) is 12.7 Å². The Balaban J connectivity index is 1.66. The summed E-state index contributed by atoms with van der Waals surface area (Å²) in [6.07, 6.45) is 0. The molecule has 0 spiro atoms. The number of carbonyl (C=O) groups excluding carboxylic acids is 1. The van der Waals surface area contributed by atoms with Gasteiger partial charge >= 0.3 is 5.97 Å². The van der Waals surface area contributed by atoms with Crippen molar-refractivity contribution in [3.8, 4) is 0 Å². The molecule has 1 unspecified atom stereocenters. The first-order chi connectivity index (χ1) is 12.5. The zero-order valence-electron chi connectivity index (χ0n) is 15.5. The standard InChI is InChI=1S/C21H25FN2O2/c1-15-12-23(20-10-8-19(22)9-11-20)13-16(2)24(15)14-17-4-6-18(7-5-17)21(25)26-3/h4-11,15-16H,12-14H2,1-3H3/t15-,16?/m0/s1. The van der Waals surface area contributed by atoms with Crippen LogP contribution in [0.5, 0.6) is 0 Å². The highest BCUT2D eigenvalue weighted by Crippen LogP contribution is 2.24. The van der Waals surface area contributed by atoms with Gasteiger partial charge in [-0.3, -0.25) is 4.90 Å². The Bertz CT molecular complexity index is 734. The summed E-state index contributed by atoms with van der Waals surface area (Å²) in [4.78, 5) is 16.3. The second kappa shape index (κ2) is 7.87. The number of hydrogen-bond acceptors (Lipinski definition) is 4. The molecule has 0 N–H and O–H groups in total. The van der Waals surface area contributed by atoms with Crippen LogP contribution in [0, 0.1) is 5.82 Å². The number of nitrogens with zero attached hydrogens (tertiary/aromatic N) is 2. The van der Waals surface area contributed by atoms with Crippen molar-refractivity contribution in [1.82, 2.24) is 4.90 Å². The third kappa shape index (κ3) is 4.05. The van der Waals surface area contributed by atoms with E-state index in [1.165, 1.54) is 24.8 Å². The molecule has 0 radical (unpaired) electrons. The number of anilines is 1. The summed E-state index contributed by atoms with van der Waals surface area (Å²) < 4.78 is 17.9. The number of methoxy groups -OCH3 is 1. The Kier molecular flexibility index (Phi) is 5.57. The predicted octanol–water partition coefficient (Wildman–Crippen LogP) is 3.71. The Morgan fingerprint density at radius 3 is 2.15 bits per heavy atom. The van der Waals surface area contributed by atoms with Crippen molar-refractivity contribution in [2.75, 3.05) is 25.1 Å². The zero-order chi connectivity index (χ0) is 18.7. The van der Waals surface area contributed by atoms with Crippen molar-refractivity contribution >= 4 is 11.7 Å². The maximum atomic E-state index is 13.2. The van der Waals surface area contributed by atoms with E-state index in [1.807, 2.05) is 36.4 Å². The Labute approximate surface area is 154 Å². The average Bonchev–Trinajstić information content (AvgIpc) is 2.65. The van der Waals surface area contributed by atoms with Gasteiger partial charge in [-0.1, -0.05) is 12.1 Å². The minimum Gasteiger partial charge on any atom is -0.465 e. The van der Waals surface area contributed by atoms with Crippen molar-refractivity contribution in [1.29, 1.82) is 0 Å². The quantitative estimate of drug-likeness (QED) is 0.782. The SMILES string of the molecule is COC(=O)c1ccc(CN2C(C)CN(c3ccc(F)cc3)C[C@@H]2C)cc1. The first-order valence-corrected chi connectivity index (χ1v) is 8.91. The molecule has 3 rings (SSSR count). The average molecular weight is 356 g/mol. The molecule has 2 aromatic rings. The number of rotatable bonds is 4. The number of hydrogen-bond donors (Lipinski definition) is 0. The molecule has 2 aromatic carbocycles. The largest absolute Gasteiger partial charge is 0.465 e. The van der Waals surface area contributed by atoms with Gasteiger partial charge in [0, 0.05) is 37.4 Å². The molecule has 0 saturated carbocycles. The van der Waals surface area contributed by atoms with Gasteiger partial charge in [0.2, 0.25) is 0 Å². The van der Waals surface area contributed by atoms with E-state index in [9.17, 15) is 9.18 Å². The van der Waals surface area contributed by atoms with Crippen molar-refractivity contribution in [2.24, 2.45) is 0 Å². The summed E-state index contributed by atoms with van der Waals surface area (Å²) in [6, 6.07) is 15.0. The van der Waals surface area contributed by atoms with E-state index in [2.05, 4.69) is 23.6 Å². The summed E-state index contributed by atoms with van der Waals surface area (Å²) in [5.41, 5.74) is 2.80. The summed E-state index contributed by atoms with van der Waals surface area (Å²) in [7, 11) is 1.39. The van der Waals surface area contributed by atoms with Crippen LogP contribution in [0.15, 0.2) is 48.5 Å². The zero-order valence-corrected chi connectivity index (χ0v) is 15.5. The van der Waals surface area contributed by atoms with Crippen LogP contribution in [0.25, 0.3) is 0 Å². The fourth-order valence-electron chi connectivity index (χ4n) is 3.61. The molecule has 0 aromatic heterocycles. The second-order valence-corrected chi connectivity index (χ2v) is 6.94. The fourth-order valence-corrected chi connectivity index (χ4v) is 3.61. The highest BCUT2D eigenvalue weighted by Gasteiger charge is 2.29. The van der Waals surface area contributed by atoms with Gasteiger partial charge in [0.15, 0.2) is 0 Å². The van der Waals surface area contributed by atoms with E-state index in [0.717, 1.165) is 25.3 Å². The summed E-state index contributed by atoms with van der Waals surface area (Å²) >= 11 is 0. The molecule has 2 atom stereocenters. The van der Waals surface area contributed by atoms with Crippen LogP contribution in [0.1, 0.15) is 29.8 Å². The smallest absolute Gasteiger partial charge is 0.337 e. The molecule has 5 heteroatoms. The monoisotopic (exact) mass is 356 g/mol. The van der Waals surface area contributed by atoms with Gasteiger partial charge in [-0.2, -0.15) is 0 Å². The molecule has 26 heavy (non-hydrogen) atoms. The van der Waals surface area contributed by atoms with Crippen LogP contribution in [-0.2, 0) is 11.3 Å². The van der Waals surface area contributed by atoms with Crippen molar-refractivity contribution in [3.05, 3.63) is 65.5 Å². The Morgan fingerprint density at radius 1 is 1.04 bits per heavy atom. The van der Waals surface area contributed by atoms with Gasteiger partial charge in [0.25, 0.3) is 0 Å². The number of halogens is 1. The predicted molar refractivity (Wildman–Crippen MR) is 101 cm³/mol. The molecule has 1 aliphatic rings. The molecule has 0 amide bonds. The lowest BCUT2D eigenvalue weighted by atomic mass is 10.0. The number of benzene rings is 2. The van der Waals surface area contributed by atoms with Crippen molar-refractivity contribution in [3.63, 3.8) is 0 Å². The van der Waals surface area contributed by atoms with Gasteiger partial charge in [-0.15, -0.1) is 0 Å². The van der Waals surface area contributed by atoms with Crippen LogP contribution < -0.4 is 4.90 Å². The third-order valence-corrected chi connectivity index (χ3v) is 5.03. The molecule has 1 heterocycles. The van der Waals surface area contributed by atoms with Gasteiger partial charge in [-0.25, -0.2) is 9.18 Å². The normalized spacial score (nSPS) is 20.8. The van der Waals surface area contributed by atoms with Crippen molar-refractivity contribution in [2.45, 2.75) is 32.5 Å². The Hall–Kier alpha value is -2.40. The van der Waals surface area contributed by atoms with Gasteiger partial charge in [0.1, 0.15) is 5.82 Å². The molecule has 0 aliphatic carbocycles. The molecule has 1 saturated heterocycles. The van der Waals surface area contributed by atoms with E-state index in [-0.39, 0.29) is 11.8 Å². The lowest BCUT2D eigenvalue weighted by Crippen LogP contribution is -2.56. The minimum atomic E-state index is -0.314. The van der Waals surface area contributed by atoms with Crippen molar-refractivity contribution < 1.29 is 13.9 Å². The van der Waals surface area contributed by atoms with Gasteiger partial charge in [-0.05, 0) is 55.8 Å². The van der Waals surface area contributed by atoms with Crippen LogP contribution in [-0.4, -0.2) is 43.2 Å². The molecule has 4 nitrogen and oxygen atoms in total. The van der Waals surface area contributed by atoms with Crippen LogP contribution in [0.4, 0.5) is 10.1 Å². The van der Waals surface area contributed by atoms with E-state index in [0.29, 0.717) is 17.6 Å². The fraction of sp³-hybridized carbons (Fsp3) is 0.381. The van der Waals surface area contributed by atoms with Gasteiger partial charge < -0.3 is 9.64 Å².